The third-order valence-electron chi connectivity index (χ3n) is 13.6. The highest BCUT2D eigenvalue weighted by Gasteiger charge is 2.20. The molecule has 0 aliphatic carbocycles. The highest BCUT2D eigenvalue weighted by molar-refractivity contribution is 6.18. The van der Waals surface area contributed by atoms with E-state index < -0.39 is 0 Å². The molecule has 13 rings (SSSR count). The second kappa shape index (κ2) is 15.9. The normalized spacial score (nSPS) is 11.7. The molecule has 0 atom stereocenters. The monoisotopic (exact) mass is 872 g/mol. The van der Waals surface area contributed by atoms with E-state index in [0.29, 0.717) is 0 Å². The number of benzene rings is 11. The summed E-state index contributed by atoms with van der Waals surface area (Å²) in [7, 11) is 0. The Hall–Kier alpha value is -8.86. The summed E-state index contributed by atoms with van der Waals surface area (Å²) in [4.78, 5) is 4.70. The van der Waals surface area contributed by atoms with Crippen LogP contribution in [0.25, 0.3) is 87.7 Å². The first-order valence-electron chi connectivity index (χ1n) is 23.2. The van der Waals surface area contributed by atoms with Gasteiger partial charge in [0.15, 0.2) is 0 Å². The molecule has 0 aliphatic rings. The number of aryl methyl sites for hydroxylation is 2. The third kappa shape index (κ3) is 6.77. The van der Waals surface area contributed by atoms with Gasteiger partial charge in [-0.3, -0.25) is 0 Å². The van der Waals surface area contributed by atoms with Crippen LogP contribution in [0.3, 0.4) is 0 Å². The summed E-state index contributed by atoms with van der Waals surface area (Å²) in [5.74, 6) is 0. The molecule has 11 aromatic carbocycles. The topological polar surface area (TPSA) is 32.8 Å². The number of nitrogens with zero attached hydrogens (tertiary/aromatic N) is 2. The van der Waals surface area contributed by atoms with Gasteiger partial charge in [-0.15, -0.1) is 0 Å². The van der Waals surface area contributed by atoms with Crippen LogP contribution in [0.5, 0.6) is 0 Å². The van der Waals surface area contributed by atoms with Crippen molar-refractivity contribution >= 4 is 99.5 Å². The van der Waals surface area contributed by atoms with Crippen molar-refractivity contribution in [2.24, 2.45) is 0 Å². The minimum absolute atomic E-state index is 0.841. The smallest absolute Gasteiger partial charge is 0.136 e. The fourth-order valence-corrected chi connectivity index (χ4v) is 10.1. The van der Waals surface area contributed by atoms with E-state index in [1.54, 1.807) is 0 Å². The molecule has 68 heavy (non-hydrogen) atoms. The van der Waals surface area contributed by atoms with Crippen molar-refractivity contribution in [3.8, 4) is 22.3 Å². The van der Waals surface area contributed by atoms with Crippen molar-refractivity contribution in [3.63, 3.8) is 0 Å². The van der Waals surface area contributed by atoms with Crippen LogP contribution in [0.2, 0.25) is 0 Å². The number of anilines is 6. The van der Waals surface area contributed by atoms with E-state index >= 15 is 0 Å². The summed E-state index contributed by atoms with van der Waals surface area (Å²) in [5, 5.41) is 8.72. The summed E-state index contributed by atoms with van der Waals surface area (Å²) in [5.41, 5.74) is 17.2. The van der Waals surface area contributed by atoms with E-state index in [1.165, 1.54) is 33.4 Å². The molecule has 0 saturated carbocycles. The standard InChI is InChI=1S/C64H44N2O2/c1-41-13-9-11-19-59(41)65(51-27-21-45(22-28-51)43-15-5-3-6-16-43)53-31-25-47-35-55-57-39-64-58(40-63(57)67-61(55)37-49(47)33-53)56-36-48-26-32-54(34-50(48)38-62(56)68-64)66(60-20-12-10-14-42(60)2)52-29-23-46(24-30-52)44-17-7-4-8-18-44/h3-40H,1-2H3. The van der Waals surface area contributed by atoms with Gasteiger partial charge in [-0.05, 0) is 166 Å². The Morgan fingerprint density at radius 1 is 0.265 bits per heavy atom. The van der Waals surface area contributed by atoms with Gasteiger partial charge < -0.3 is 18.6 Å². The van der Waals surface area contributed by atoms with Crippen molar-refractivity contribution in [2.75, 3.05) is 9.80 Å². The third-order valence-corrected chi connectivity index (χ3v) is 13.6. The van der Waals surface area contributed by atoms with Crippen molar-refractivity contribution in [3.05, 3.63) is 242 Å². The number of fused-ring (bicyclic) bond motifs is 8. The molecule has 4 heteroatoms. The average molecular weight is 873 g/mol. The predicted octanol–water partition coefficient (Wildman–Crippen LogP) is 18.7. The van der Waals surface area contributed by atoms with Gasteiger partial charge in [0.2, 0.25) is 0 Å². The van der Waals surface area contributed by atoms with E-state index in [4.69, 9.17) is 8.83 Å². The van der Waals surface area contributed by atoms with Gasteiger partial charge in [-0.1, -0.05) is 133 Å². The largest absolute Gasteiger partial charge is 0.456 e. The highest BCUT2D eigenvalue weighted by atomic mass is 16.3. The fourth-order valence-electron chi connectivity index (χ4n) is 10.1. The average Bonchev–Trinajstić information content (AvgIpc) is 3.91. The molecular weight excluding hydrogens is 829 g/mol. The molecule has 13 aromatic rings. The fraction of sp³-hybridized carbons (Fsp3) is 0.0312. The van der Waals surface area contributed by atoms with Gasteiger partial charge in [0.25, 0.3) is 0 Å². The molecule has 0 radical (unpaired) electrons. The van der Waals surface area contributed by atoms with E-state index in [2.05, 4.69) is 254 Å². The van der Waals surface area contributed by atoms with Crippen LogP contribution in [-0.2, 0) is 0 Å². The Kier molecular flexibility index (Phi) is 9.26. The maximum Gasteiger partial charge on any atom is 0.136 e. The second-order valence-electron chi connectivity index (χ2n) is 17.9. The van der Waals surface area contributed by atoms with E-state index in [1.807, 2.05) is 0 Å². The molecule has 322 valence electrons. The summed E-state index contributed by atoms with van der Waals surface area (Å²) in [6, 6.07) is 82.6. The zero-order chi connectivity index (χ0) is 45.3. The number of furan rings is 2. The van der Waals surface area contributed by atoms with E-state index in [-0.39, 0.29) is 0 Å². The quantitative estimate of drug-likeness (QED) is 0.152. The molecule has 0 bridgehead atoms. The summed E-state index contributed by atoms with van der Waals surface area (Å²) >= 11 is 0. The first-order valence-corrected chi connectivity index (χ1v) is 23.2. The van der Waals surface area contributed by atoms with Crippen molar-refractivity contribution in [1.29, 1.82) is 0 Å². The molecule has 4 nitrogen and oxygen atoms in total. The Morgan fingerprint density at radius 3 is 1.01 bits per heavy atom. The number of para-hydroxylation sites is 2. The van der Waals surface area contributed by atoms with E-state index in [0.717, 1.165) is 99.5 Å². The lowest BCUT2D eigenvalue weighted by Crippen LogP contribution is -2.11. The van der Waals surface area contributed by atoms with Crippen molar-refractivity contribution in [1.82, 2.24) is 0 Å². The maximum absolute atomic E-state index is 6.73. The predicted molar refractivity (Wildman–Crippen MR) is 286 cm³/mol. The SMILES string of the molecule is Cc1ccccc1N(c1ccc(-c2ccccc2)cc1)c1ccc2cc3c(cc2c1)oc1cc2c(cc13)oc1cc3cc(N(c4ccc(-c5ccccc5)cc4)c4ccccc4C)ccc3cc12. The van der Waals surface area contributed by atoms with Crippen LogP contribution in [0, 0.1) is 13.8 Å². The maximum atomic E-state index is 6.73. The molecule has 0 spiro atoms. The molecule has 0 N–H and O–H groups in total. The Morgan fingerprint density at radius 2 is 0.603 bits per heavy atom. The van der Waals surface area contributed by atoms with Gasteiger partial charge >= 0.3 is 0 Å². The summed E-state index contributed by atoms with van der Waals surface area (Å²) < 4.78 is 13.5. The zero-order valence-corrected chi connectivity index (χ0v) is 37.7. The first-order chi connectivity index (χ1) is 33.5. The van der Waals surface area contributed by atoms with Gasteiger partial charge in [0.05, 0.1) is 0 Å². The van der Waals surface area contributed by atoms with Crippen LogP contribution >= 0.6 is 0 Å². The number of hydrogen-bond acceptors (Lipinski definition) is 4. The minimum Gasteiger partial charge on any atom is -0.456 e. The van der Waals surface area contributed by atoms with Crippen LogP contribution < -0.4 is 9.80 Å². The van der Waals surface area contributed by atoms with Crippen LogP contribution in [0.15, 0.2) is 239 Å². The molecule has 0 saturated heterocycles. The van der Waals surface area contributed by atoms with Crippen molar-refractivity contribution in [2.45, 2.75) is 13.8 Å². The number of rotatable bonds is 8. The van der Waals surface area contributed by atoms with Gasteiger partial charge in [0, 0.05) is 55.7 Å². The summed E-state index contributed by atoms with van der Waals surface area (Å²) in [6.07, 6.45) is 0. The lowest BCUT2D eigenvalue weighted by molar-refractivity contribution is 0.664. The molecule has 2 aromatic heterocycles. The molecular formula is C64H44N2O2. The lowest BCUT2D eigenvalue weighted by Gasteiger charge is -2.27. The van der Waals surface area contributed by atoms with Crippen LogP contribution in [0.1, 0.15) is 11.1 Å². The lowest BCUT2D eigenvalue weighted by atomic mass is 10.0. The molecule has 2 heterocycles. The van der Waals surface area contributed by atoms with Crippen LogP contribution in [-0.4, -0.2) is 0 Å². The van der Waals surface area contributed by atoms with E-state index in [9.17, 15) is 0 Å². The van der Waals surface area contributed by atoms with Crippen molar-refractivity contribution < 1.29 is 8.83 Å². The molecule has 0 fully saturated rings. The Labute approximate surface area is 394 Å². The highest BCUT2D eigenvalue weighted by Crippen LogP contribution is 2.44. The summed E-state index contributed by atoms with van der Waals surface area (Å²) in [6.45, 7) is 4.34. The Balaban J connectivity index is 0.871. The first kappa shape index (κ1) is 39.5. The van der Waals surface area contributed by atoms with Gasteiger partial charge in [0.1, 0.15) is 22.3 Å². The molecule has 0 unspecified atom stereocenters. The Bertz CT molecular complexity index is 3770. The zero-order valence-electron chi connectivity index (χ0n) is 37.7. The second-order valence-corrected chi connectivity index (χ2v) is 17.9. The molecule has 0 amide bonds. The minimum atomic E-state index is 0.841. The number of hydrogen-bond donors (Lipinski definition) is 0. The molecule has 0 aliphatic heterocycles. The van der Waals surface area contributed by atoms with Crippen LogP contribution in [0.4, 0.5) is 34.1 Å². The van der Waals surface area contributed by atoms with Gasteiger partial charge in [-0.25, -0.2) is 0 Å². The van der Waals surface area contributed by atoms with Gasteiger partial charge in [-0.2, -0.15) is 0 Å².